The van der Waals surface area contributed by atoms with Crippen LogP contribution < -0.4 is 5.32 Å². The fourth-order valence-corrected chi connectivity index (χ4v) is 2.41. The Morgan fingerprint density at radius 1 is 1.30 bits per heavy atom. The van der Waals surface area contributed by atoms with Gasteiger partial charge in [-0.15, -0.1) is 0 Å². The highest BCUT2D eigenvalue weighted by atomic mass is 19.1. The van der Waals surface area contributed by atoms with Crippen LogP contribution in [0.5, 0.6) is 0 Å². The number of nitrogens with zero attached hydrogens (tertiary/aromatic N) is 1. The van der Waals surface area contributed by atoms with Gasteiger partial charge < -0.3 is 5.32 Å². The lowest BCUT2D eigenvalue weighted by atomic mass is 9.95. The first-order chi connectivity index (χ1) is 9.70. The normalized spacial score (nSPS) is 16.5. The first-order valence-corrected chi connectivity index (χ1v) is 6.88. The summed E-state index contributed by atoms with van der Waals surface area (Å²) in [6.07, 6.45) is 6.60. The van der Waals surface area contributed by atoms with Gasteiger partial charge in [-0.2, -0.15) is 5.26 Å². The molecule has 1 aromatic rings. The fourth-order valence-electron chi connectivity index (χ4n) is 2.41. The maximum Gasteiger partial charge on any atom is 0.262 e. The predicted octanol–water partition coefficient (Wildman–Crippen LogP) is 3.18. The SMILES string of the molecule is N#C/C(=C/c1ccccc1F)C(=O)NC1CCCCC1. The molecule has 1 aliphatic rings. The lowest BCUT2D eigenvalue weighted by Gasteiger charge is -2.22. The molecule has 0 aromatic heterocycles. The molecule has 1 fully saturated rings. The summed E-state index contributed by atoms with van der Waals surface area (Å²) in [4.78, 5) is 12.0. The van der Waals surface area contributed by atoms with Gasteiger partial charge in [0.15, 0.2) is 0 Å². The Hall–Kier alpha value is -2.15. The number of hydrogen-bond donors (Lipinski definition) is 1. The highest BCUT2D eigenvalue weighted by Crippen LogP contribution is 2.18. The molecule has 0 unspecified atom stereocenters. The number of nitrogens with one attached hydrogen (secondary N) is 1. The molecule has 4 heteroatoms. The first kappa shape index (κ1) is 14.3. The van der Waals surface area contributed by atoms with Gasteiger partial charge in [0.25, 0.3) is 5.91 Å². The summed E-state index contributed by atoms with van der Waals surface area (Å²) >= 11 is 0. The molecule has 0 atom stereocenters. The minimum Gasteiger partial charge on any atom is -0.349 e. The van der Waals surface area contributed by atoms with E-state index in [1.807, 2.05) is 6.07 Å². The van der Waals surface area contributed by atoms with Gasteiger partial charge in [-0.05, 0) is 25.0 Å². The number of nitriles is 1. The summed E-state index contributed by atoms with van der Waals surface area (Å²) in [6.45, 7) is 0. The number of hydrogen-bond acceptors (Lipinski definition) is 2. The molecule has 0 bridgehead atoms. The van der Waals surface area contributed by atoms with Crippen LogP contribution in [-0.4, -0.2) is 11.9 Å². The molecular formula is C16H17FN2O. The van der Waals surface area contributed by atoms with Gasteiger partial charge in [0.2, 0.25) is 0 Å². The van der Waals surface area contributed by atoms with Gasteiger partial charge >= 0.3 is 0 Å². The molecule has 1 amide bonds. The Kier molecular flexibility index (Phi) is 4.89. The van der Waals surface area contributed by atoms with Crippen LogP contribution in [0.3, 0.4) is 0 Å². The van der Waals surface area contributed by atoms with Gasteiger partial charge in [0.1, 0.15) is 17.5 Å². The molecule has 0 radical (unpaired) electrons. The minimum atomic E-state index is -0.439. The second-order valence-corrected chi connectivity index (χ2v) is 5.00. The Morgan fingerprint density at radius 3 is 2.65 bits per heavy atom. The summed E-state index contributed by atoms with van der Waals surface area (Å²) in [7, 11) is 0. The molecule has 20 heavy (non-hydrogen) atoms. The van der Waals surface area contributed by atoms with Crippen LogP contribution in [0.15, 0.2) is 29.8 Å². The second-order valence-electron chi connectivity index (χ2n) is 5.00. The van der Waals surface area contributed by atoms with Crippen LogP contribution in [0.2, 0.25) is 0 Å². The van der Waals surface area contributed by atoms with Crippen molar-refractivity contribution in [2.45, 2.75) is 38.1 Å². The molecule has 0 spiro atoms. The minimum absolute atomic E-state index is 0.0549. The van der Waals surface area contributed by atoms with Gasteiger partial charge in [-0.25, -0.2) is 4.39 Å². The predicted molar refractivity (Wildman–Crippen MR) is 75.0 cm³/mol. The topological polar surface area (TPSA) is 52.9 Å². The van der Waals surface area contributed by atoms with Gasteiger partial charge in [-0.3, -0.25) is 4.79 Å². The third-order valence-electron chi connectivity index (χ3n) is 3.51. The molecule has 0 saturated heterocycles. The smallest absolute Gasteiger partial charge is 0.262 e. The van der Waals surface area contributed by atoms with Crippen molar-refractivity contribution >= 4 is 12.0 Å². The number of amides is 1. The summed E-state index contributed by atoms with van der Waals surface area (Å²) < 4.78 is 13.5. The lowest BCUT2D eigenvalue weighted by Crippen LogP contribution is -2.36. The molecule has 104 valence electrons. The monoisotopic (exact) mass is 272 g/mol. The largest absolute Gasteiger partial charge is 0.349 e. The van der Waals surface area contributed by atoms with E-state index in [4.69, 9.17) is 5.26 Å². The van der Waals surface area contributed by atoms with Crippen molar-refractivity contribution in [1.82, 2.24) is 5.32 Å². The van der Waals surface area contributed by atoms with E-state index >= 15 is 0 Å². The van der Waals surface area contributed by atoms with Crippen molar-refractivity contribution in [3.05, 3.63) is 41.2 Å². The molecule has 1 aliphatic carbocycles. The van der Waals surface area contributed by atoms with E-state index in [2.05, 4.69) is 5.32 Å². The van der Waals surface area contributed by atoms with Gasteiger partial charge in [0.05, 0.1) is 0 Å². The fraction of sp³-hybridized carbons (Fsp3) is 0.375. The third-order valence-corrected chi connectivity index (χ3v) is 3.51. The summed E-state index contributed by atoms with van der Waals surface area (Å²) in [5, 5.41) is 11.9. The summed E-state index contributed by atoms with van der Waals surface area (Å²) in [6, 6.07) is 8.07. The standard InChI is InChI=1S/C16H17FN2O/c17-15-9-5-4-6-12(15)10-13(11-18)16(20)19-14-7-2-1-3-8-14/h4-6,9-10,14H,1-3,7-8H2,(H,19,20)/b13-10-. The van der Waals surface area contributed by atoms with E-state index < -0.39 is 11.7 Å². The maximum absolute atomic E-state index is 13.5. The molecule has 0 heterocycles. The number of carbonyl (C=O) groups is 1. The quantitative estimate of drug-likeness (QED) is 0.678. The maximum atomic E-state index is 13.5. The van der Waals surface area contributed by atoms with E-state index in [1.165, 1.54) is 18.6 Å². The Labute approximate surface area is 118 Å². The average molecular weight is 272 g/mol. The van der Waals surface area contributed by atoms with Crippen LogP contribution in [0, 0.1) is 17.1 Å². The van der Waals surface area contributed by atoms with Gasteiger partial charge in [-0.1, -0.05) is 37.5 Å². The lowest BCUT2D eigenvalue weighted by molar-refractivity contribution is -0.117. The van der Waals surface area contributed by atoms with Crippen LogP contribution in [0.1, 0.15) is 37.7 Å². The summed E-state index contributed by atoms with van der Waals surface area (Å²) in [5.41, 5.74) is 0.198. The first-order valence-electron chi connectivity index (χ1n) is 6.88. The van der Waals surface area contributed by atoms with Crippen LogP contribution in [0.4, 0.5) is 4.39 Å². The molecule has 2 rings (SSSR count). The highest BCUT2D eigenvalue weighted by Gasteiger charge is 2.18. The number of halogens is 1. The number of rotatable bonds is 3. The number of benzene rings is 1. The summed E-state index contributed by atoms with van der Waals surface area (Å²) in [5.74, 6) is -0.853. The number of carbonyl (C=O) groups excluding carboxylic acids is 1. The Morgan fingerprint density at radius 2 is 2.00 bits per heavy atom. The average Bonchev–Trinajstić information content (AvgIpc) is 2.47. The van der Waals surface area contributed by atoms with E-state index in [0.29, 0.717) is 0 Å². The molecule has 1 saturated carbocycles. The van der Waals surface area contributed by atoms with Crippen molar-refractivity contribution in [2.75, 3.05) is 0 Å². The zero-order chi connectivity index (χ0) is 14.4. The van der Waals surface area contributed by atoms with Gasteiger partial charge in [0, 0.05) is 11.6 Å². The Balaban J connectivity index is 2.09. The third kappa shape index (κ3) is 3.67. The van der Waals surface area contributed by atoms with Crippen LogP contribution >= 0.6 is 0 Å². The zero-order valence-corrected chi connectivity index (χ0v) is 11.2. The van der Waals surface area contributed by atoms with Crippen molar-refractivity contribution in [1.29, 1.82) is 5.26 Å². The molecular weight excluding hydrogens is 255 g/mol. The second kappa shape index (κ2) is 6.85. The van der Waals surface area contributed by atoms with E-state index in [9.17, 15) is 9.18 Å². The van der Waals surface area contributed by atoms with E-state index in [-0.39, 0.29) is 17.2 Å². The van der Waals surface area contributed by atoms with Crippen LogP contribution in [-0.2, 0) is 4.79 Å². The molecule has 1 N–H and O–H groups in total. The van der Waals surface area contributed by atoms with E-state index in [1.54, 1.807) is 18.2 Å². The van der Waals surface area contributed by atoms with Crippen molar-refractivity contribution in [3.8, 4) is 6.07 Å². The molecule has 0 aliphatic heterocycles. The molecule has 1 aromatic carbocycles. The van der Waals surface area contributed by atoms with Crippen LogP contribution in [0.25, 0.3) is 6.08 Å². The van der Waals surface area contributed by atoms with E-state index in [0.717, 1.165) is 25.7 Å². The Bertz CT molecular complexity index is 554. The highest BCUT2D eigenvalue weighted by molar-refractivity contribution is 6.01. The van der Waals surface area contributed by atoms with Crippen molar-refractivity contribution in [2.24, 2.45) is 0 Å². The van der Waals surface area contributed by atoms with Crippen molar-refractivity contribution < 1.29 is 9.18 Å². The molecule has 3 nitrogen and oxygen atoms in total. The van der Waals surface area contributed by atoms with Crippen molar-refractivity contribution in [3.63, 3.8) is 0 Å². The zero-order valence-electron chi connectivity index (χ0n) is 11.2.